The third-order valence-corrected chi connectivity index (χ3v) is 4.42. The van der Waals surface area contributed by atoms with Crippen LogP contribution in [0.2, 0.25) is 0 Å². The maximum atomic E-state index is 11.2. The Morgan fingerprint density at radius 2 is 2.25 bits per heavy atom. The molecule has 4 rings (SSSR count). The van der Waals surface area contributed by atoms with Crippen LogP contribution < -0.4 is 10.2 Å². The van der Waals surface area contributed by atoms with Gasteiger partial charge in [-0.2, -0.15) is 0 Å². The maximum Gasteiger partial charge on any atom is 0.153 e. The molecule has 0 radical (unpaired) electrons. The molecule has 0 bridgehead atoms. The summed E-state index contributed by atoms with van der Waals surface area (Å²) in [6, 6.07) is 3.92. The molecule has 0 aromatic carbocycles. The summed E-state index contributed by atoms with van der Waals surface area (Å²) in [5.41, 5.74) is 2.69. The van der Waals surface area contributed by atoms with E-state index in [4.69, 9.17) is 0 Å². The Labute approximate surface area is 117 Å². The number of nitrogens with one attached hydrogen (secondary N) is 1. The molecule has 3 heterocycles. The number of anilines is 1. The second-order valence-electron chi connectivity index (χ2n) is 5.97. The molecule has 1 aliphatic heterocycles. The van der Waals surface area contributed by atoms with Gasteiger partial charge in [0.05, 0.1) is 11.3 Å². The summed E-state index contributed by atoms with van der Waals surface area (Å²) in [5, 5.41) is 3.62. The van der Waals surface area contributed by atoms with E-state index in [1.165, 1.54) is 12.8 Å². The zero-order chi connectivity index (χ0) is 13.7. The highest BCUT2D eigenvalue weighted by atomic mass is 16.1. The summed E-state index contributed by atoms with van der Waals surface area (Å²) in [7, 11) is 0. The number of imidazole rings is 1. The van der Waals surface area contributed by atoms with Gasteiger partial charge in [0.1, 0.15) is 11.5 Å². The molecule has 5 nitrogen and oxygen atoms in total. The van der Waals surface area contributed by atoms with Gasteiger partial charge in [-0.1, -0.05) is 0 Å². The van der Waals surface area contributed by atoms with Crippen LogP contribution in [-0.2, 0) is 0 Å². The summed E-state index contributed by atoms with van der Waals surface area (Å²) >= 11 is 0. The summed E-state index contributed by atoms with van der Waals surface area (Å²) in [4.78, 5) is 18.0. The van der Waals surface area contributed by atoms with Gasteiger partial charge >= 0.3 is 0 Å². The predicted molar refractivity (Wildman–Crippen MR) is 77.5 cm³/mol. The van der Waals surface area contributed by atoms with Crippen molar-refractivity contribution in [3.8, 4) is 0 Å². The first kappa shape index (κ1) is 11.9. The Morgan fingerprint density at radius 3 is 3.00 bits per heavy atom. The number of piperazine rings is 1. The average Bonchev–Trinajstić information content (AvgIpc) is 3.06. The van der Waals surface area contributed by atoms with E-state index in [1.807, 2.05) is 25.3 Å². The van der Waals surface area contributed by atoms with E-state index < -0.39 is 0 Å². The Bertz CT molecular complexity index is 686. The first-order valence-corrected chi connectivity index (χ1v) is 7.15. The summed E-state index contributed by atoms with van der Waals surface area (Å²) in [6.07, 6.45) is 5.43. The number of fused-ring (bicyclic) bond motifs is 1. The first-order chi connectivity index (χ1) is 9.71. The lowest BCUT2D eigenvalue weighted by Gasteiger charge is -2.35. The molecule has 1 spiro atoms. The molecule has 0 unspecified atom stereocenters. The van der Waals surface area contributed by atoms with Crippen LogP contribution >= 0.6 is 0 Å². The predicted octanol–water partition coefficient (Wildman–Crippen LogP) is 1.40. The third kappa shape index (κ3) is 1.73. The zero-order valence-electron chi connectivity index (χ0n) is 11.6. The van der Waals surface area contributed by atoms with Gasteiger partial charge in [0.2, 0.25) is 0 Å². The van der Waals surface area contributed by atoms with Gasteiger partial charge in [-0.3, -0.25) is 9.20 Å². The molecule has 1 N–H and O–H groups in total. The third-order valence-electron chi connectivity index (χ3n) is 4.42. The number of hydrogen-bond acceptors (Lipinski definition) is 4. The van der Waals surface area contributed by atoms with Crippen LogP contribution in [0, 0.1) is 6.92 Å². The van der Waals surface area contributed by atoms with Crippen molar-refractivity contribution < 1.29 is 4.79 Å². The summed E-state index contributed by atoms with van der Waals surface area (Å²) in [5.74, 6) is 1.14. The average molecular weight is 270 g/mol. The number of carbonyl (C=O) groups excluding carboxylic acids is 1. The molecule has 20 heavy (non-hydrogen) atoms. The smallest absolute Gasteiger partial charge is 0.153 e. The number of aryl methyl sites for hydroxylation is 1. The number of hydrogen-bond donors (Lipinski definition) is 1. The zero-order valence-corrected chi connectivity index (χ0v) is 11.6. The summed E-state index contributed by atoms with van der Waals surface area (Å²) < 4.78 is 2.06. The number of carbonyl (C=O) groups is 1. The van der Waals surface area contributed by atoms with Crippen molar-refractivity contribution in [3.05, 3.63) is 29.6 Å². The van der Waals surface area contributed by atoms with E-state index in [9.17, 15) is 4.79 Å². The monoisotopic (exact) mass is 270 g/mol. The molecule has 104 valence electrons. The standard InChI is InChI=1S/C15H18N4O/c1-11-8-19-13(3-2-12(9-20)14(19)17-11)18-7-6-16-15(10-18)4-5-15/h2-3,8-9,16H,4-7,10H2,1H3. The van der Waals surface area contributed by atoms with Gasteiger partial charge in [0.15, 0.2) is 6.29 Å². The Balaban J connectivity index is 1.81. The van der Waals surface area contributed by atoms with Crippen molar-refractivity contribution >= 4 is 17.8 Å². The fraction of sp³-hybridized carbons (Fsp3) is 0.467. The van der Waals surface area contributed by atoms with Gasteiger partial charge in [-0.25, -0.2) is 4.98 Å². The Morgan fingerprint density at radius 1 is 1.40 bits per heavy atom. The van der Waals surface area contributed by atoms with Crippen LogP contribution in [0.4, 0.5) is 5.82 Å². The number of aldehydes is 1. The van der Waals surface area contributed by atoms with E-state index in [0.717, 1.165) is 43.1 Å². The molecule has 1 aliphatic carbocycles. The number of aromatic nitrogens is 2. The lowest BCUT2D eigenvalue weighted by atomic mass is 10.2. The van der Waals surface area contributed by atoms with Crippen LogP contribution in [0.5, 0.6) is 0 Å². The lowest BCUT2D eigenvalue weighted by Crippen LogP contribution is -2.53. The van der Waals surface area contributed by atoms with Crippen LogP contribution in [0.15, 0.2) is 18.3 Å². The minimum Gasteiger partial charge on any atom is -0.355 e. The quantitative estimate of drug-likeness (QED) is 0.838. The van der Waals surface area contributed by atoms with Crippen LogP contribution in [0.25, 0.3) is 5.65 Å². The topological polar surface area (TPSA) is 49.6 Å². The van der Waals surface area contributed by atoms with Gasteiger partial charge < -0.3 is 10.2 Å². The van der Waals surface area contributed by atoms with E-state index in [0.29, 0.717) is 11.1 Å². The molecule has 0 amide bonds. The van der Waals surface area contributed by atoms with Crippen molar-refractivity contribution in [2.24, 2.45) is 0 Å². The maximum absolute atomic E-state index is 11.2. The first-order valence-electron chi connectivity index (χ1n) is 7.15. The SMILES string of the molecule is Cc1cn2c(N3CCNC4(CC4)C3)ccc(C=O)c2n1. The van der Waals surface area contributed by atoms with Gasteiger partial charge in [0.25, 0.3) is 0 Å². The summed E-state index contributed by atoms with van der Waals surface area (Å²) in [6.45, 7) is 5.02. The minimum absolute atomic E-state index is 0.337. The highest BCUT2D eigenvalue weighted by Gasteiger charge is 2.45. The Kier molecular flexibility index (Phi) is 2.41. The highest BCUT2D eigenvalue weighted by Crippen LogP contribution is 2.38. The molecule has 2 aromatic heterocycles. The number of pyridine rings is 1. The van der Waals surface area contributed by atoms with Gasteiger partial charge in [-0.15, -0.1) is 0 Å². The van der Waals surface area contributed by atoms with Crippen molar-refractivity contribution in [3.63, 3.8) is 0 Å². The second kappa shape index (κ2) is 4.06. The molecule has 2 aliphatic rings. The fourth-order valence-electron chi connectivity index (χ4n) is 3.18. The van der Waals surface area contributed by atoms with Gasteiger partial charge in [-0.05, 0) is 31.9 Å². The van der Waals surface area contributed by atoms with E-state index >= 15 is 0 Å². The number of rotatable bonds is 2. The molecule has 0 atom stereocenters. The normalized spacial score (nSPS) is 20.6. The largest absolute Gasteiger partial charge is 0.355 e. The van der Waals surface area contributed by atoms with E-state index in [2.05, 4.69) is 19.6 Å². The van der Waals surface area contributed by atoms with E-state index in [-0.39, 0.29) is 0 Å². The number of nitrogens with zero attached hydrogens (tertiary/aromatic N) is 3. The minimum atomic E-state index is 0.337. The highest BCUT2D eigenvalue weighted by molar-refractivity contribution is 5.85. The Hall–Kier alpha value is -1.88. The molecule has 2 fully saturated rings. The lowest BCUT2D eigenvalue weighted by molar-refractivity contribution is 0.112. The van der Waals surface area contributed by atoms with Crippen molar-refractivity contribution in [2.75, 3.05) is 24.5 Å². The molecule has 1 saturated heterocycles. The van der Waals surface area contributed by atoms with Crippen LogP contribution in [-0.4, -0.2) is 40.8 Å². The van der Waals surface area contributed by atoms with Gasteiger partial charge in [0, 0.05) is 31.4 Å². The second-order valence-corrected chi connectivity index (χ2v) is 5.97. The molecule has 5 heteroatoms. The van der Waals surface area contributed by atoms with E-state index in [1.54, 1.807) is 0 Å². The molecular formula is C15H18N4O. The van der Waals surface area contributed by atoms with Crippen molar-refractivity contribution in [2.45, 2.75) is 25.3 Å². The molecule has 1 saturated carbocycles. The fourth-order valence-corrected chi connectivity index (χ4v) is 3.18. The van der Waals surface area contributed by atoms with Crippen molar-refractivity contribution in [1.82, 2.24) is 14.7 Å². The molecular weight excluding hydrogens is 252 g/mol. The van der Waals surface area contributed by atoms with Crippen LogP contribution in [0.1, 0.15) is 28.9 Å². The molecule has 2 aromatic rings. The van der Waals surface area contributed by atoms with Crippen LogP contribution in [0.3, 0.4) is 0 Å². The van der Waals surface area contributed by atoms with Crippen molar-refractivity contribution in [1.29, 1.82) is 0 Å².